The zero-order valence-electron chi connectivity index (χ0n) is 25.7. The minimum Gasteiger partial charge on any atom is -0.394 e. The van der Waals surface area contributed by atoms with Gasteiger partial charge in [0.1, 0.15) is 0 Å². The number of aliphatic hydroxyl groups is 2. The molecule has 0 radical (unpaired) electrons. The van der Waals surface area contributed by atoms with Crippen LogP contribution in [0.1, 0.15) is 181 Å². The Hall–Kier alpha value is -0.870. The van der Waals surface area contributed by atoms with Gasteiger partial charge in [0.25, 0.3) is 0 Å². The highest BCUT2D eigenvalue weighted by atomic mass is 16.3. The molecule has 0 rings (SSSR count). The van der Waals surface area contributed by atoms with Gasteiger partial charge in [0.15, 0.2) is 0 Å². The highest BCUT2D eigenvalue weighted by Crippen LogP contribution is 2.14. The van der Waals surface area contributed by atoms with E-state index in [1.165, 1.54) is 135 Å². The molecule has 2 unspecified atom stereocenters. The number of carbonyl (C=O) groups is 1. The van der Waals surface area contributed by atoms with Crippen molar-refractivity contribution in [1.82, 2.24) is 5.32 Å². The molecule has 0 fully saturated rings. The second-order valence-corrected chi connectivity index (χ2v) is 11.6. The van der Waals surface area contributed by atoms with Gasteiger partial charge in [-0.2, -0.15) is 0 Å². The van der Waals surface area contributed by atoms with Gasteiger partial charge < -0.3 is 15.5 Å². The van der Waals surface area contributed by atoms with Crippen LogP contribution in [0.5, 0.6) is 0 Å². The number of hydrogen-bond acceptors (Lipinski definition) is 3. The fourth-order valence-corrected chi connectivity index (χ4v) is 5.12. The summed E-state index contributed by atoms with van der Waals surface area (Å²) in [5, 5.41) is 22.8. The lowest BCUT2D eigenvalue weighted by Crippen LogP contribution is -2.45. The number of amides is 1. The molecule has 3 N–H and O–H groups in total. The van der Waals surface area contributed by atoms with Crippen molar-refractivity contribution in [3.63, 3.8) is 0 Å². The number of aliphatic hydroxyl groups excluding tert-OH is 2. The molecule has 0 aliphatic carbocycles. The van der Waals surface area contributed by atoms with Gasteiger partial charge in [-0.05, 0) is 19.3 Å². The normalized spacial score (nSPS) is 13.3. The van der Waals surface area contributed by atoms with Crippen LogP contribution < -0.4 is 5.32 Å². The maximum Gasteiger partial charge on any atom is 0.220 e. The number of nitrogens with one attached hydrogen (secondary N) is 1. The molecule has 0 aromatic carbocycles. The van der Waals surface area contributed by atoms with E-state index in [-0.39, 0.29) is 12.5 Å². The quantitative estimate of drug-likeness (QED) is 0.0631. The molecule has 0 aliphatic rings. The average Bonchev–Trinajstić information content (AvgIpc) is 2.92. The van der Waals surface area contributed by atoms with Gasteiger partial charge in [0, 0.05) is 6.42 Å². The summed E-state index contributed by atoms with van der Waals surface area (Å²) >= 11 is 0. The highest BCUT2D eigenvalue weighted by molar-refractivity contribution is 5.76. The van der Waals surface area contributed by atoms with Crippen molar-refractivity contribution >= 4 is 5.91 Å². The molecule has 1 amide bonds. The van der Waals surface area contributed by atoms with Crippen LogP contribution in [0.25, 0.3) is 0 Å². The maximum atomic E-state index is 12.2. The van der Waals surface area contributed by atoms with Gasteiger partial charge >= 0.3 is 0 Å². The molecular weight excluding hydrogens is 470 g/mol. The number of hydrogen-bond donors (Lipinski definition) is 3. The van der Waals surface area contributed by atoms with Crippen LogP contribution >= 0.6 is 0 Å². The third kappa shape index (κ3) is 26.7. The van der Waals surface area contributed by atoms with Crippen LogP contribution in [-0.2, 0) is 4.79 Å². The van der Waals surface area contributed by atoms with Gasteiger partial charge in [-0.15, -0.1) is 0 Å². The average molecular weight is 538 g/mol. The fraction of sp³-hybridized carbons (Fsp3) is 0.912. The monoisotopic (exact) mass is 538 g/mol. The Morgan fingerprint density at radius 3 is 1.37 bits per heavy atom. The SMILES string of the molecule is CCCCCCCCCCCCCCC/C=C/C(O)C(CO)NC(=O)CCCCCCCCCCCCC. The summed E-state index contributed by atoms with van der Waals surface area (Å²) in [4.78, 5) is 12.2. The van der Waals surface area contributed by atoms with E-state index in [1.807, 2.05) is 6.08 Å². The summed E-state index contributed by atoms with van der Waals surface area (Å²) in [6.07, 6.45) is 35.7. The molecule has 0 heterocycles. The molecule has 0 bridgehead atoms. The van der Waals surface area contributed by atoms with E-state index in [4.69, 9.17) is 0 Å². The molecule has 0 saturated carbocycles. The van der Waals surface area contributed by atoms with E-state index < -0.39 is 12.1 Å². The summed E-state index contributed by atoms with van der Waals surface area (Å²) in [6, 6.07) is -0.613. The van der Waals surface area contributed by atoms with E-state index in [0.29, 0.717) is 6.42 Å². The molecule has 0 saturated heterocycles. The van der Waals surface area contributed by atoms with Crippen LogP contribution in [0.2, 0.25) is 0 Å². The molecule has 4 heteroatoms. The molecule has 226 valence electrons. The first-order valence-corrected chi connectivity index (χ1v) is 16.9. The summed E-state index contributed by atoms with van der Waals surface area (Å²) in [7, 11) is 0. The molecular formula is C34H67NO3. The van der Waals surface area contributed by atoms with Crippen LogP contribution in [0.4, 0.5) is 0 Å². The largest absolute Gasteiger partial charge is 0.394 e. The lowest BCUT2D eigenvalue weighted by atomic mass is 10.0. The Morgan fingerprint density at radius 1 is 0.605 bits per heavy atom. The Kier molecular flexibility index (Phi) is 30.0. The van der Waals surface area contributed by atoms with Crippen LogP contribution in [0.3, 0.4) is 0 Å². The van der Waals surface area contributed by atoms with Crippen LogP contribution in [0.15, 0.2) is 12.2 Å². The zero-order chi connectivity index (χ0) is 27.9. The smallest absolute Gasteiger partial charge is 0.220 e. The van der Waals surface area contributed by atoms with E-state index in [9.17, 15) is 15.0 Å². The Bertz CT molecular complexity index is 508. The fourth-order valence-electron chi connectivity index (χ4n) is 5.12. The summed E-state index contributed by atoms with van der Waals surface area (Å²) in [6.45, 7) is 4.29. The molecule has 4 nitrogen and oxygen atoms in total. The number of allylic oxidation sites excluding steroid dienone is 1. The molecule has 0 spiro atoms. The van der Waals surface area contributed by atoms with Crippen molar-refractivity contribution in [3.05, 3.63) is 12.2 Å². The molecule has 2 atom stereocenters. The predicted molar refractivity (Wildman–Crippen MR) is 166 cm³/mol. The number of rotatable bonds is 30. The molecule has 0 aromatic rings. The summed E-state index contributed by atoms with van der Waals surface area (Å²) in [5.74, 6) is -0.0658. The number of unbranched alkanes of at least 4 members (excludes halogenated alkanes) is 23. The van der Waals surface area contributed by atoms with Gasteiger partial charge in [-0.25, -0.2) is 0 Å². The molecule has 0 aromatic heterocycles. The van der Waals surface area contributed by atoms with E-state index >= 15 is 0 Å². The van der Waals surface area contributed by atoms with Gasteiger partial charge in [-0.1, -0.05) is 167 Å². The van der Waals surface area contributed by atoms with Crippen molar-refractivity contribution in [2.24, 2.45) is 0 Å². The summed E-state index contributed by atoms with van der Waals surface area (Å²) in [5.41, 5.74) is 0. The Morgan fingerprint density at radius 2 is 0.974 bits per heavy atom. The van der Waals surface area contributed by atoms with Crippen molar-refractivity contribution < 1.29 is 15.0 Å². The van der Waals surface area contributed by atoms with Crippen molar-refractivity contribution in [2.45, 2.75) is 193 Å². The number of carbonyl (C=O) groups excluding carboxylic acids is 1. The predicted octanol–water partition coefficient (Wildman–Crippen LogP) is 9.56. The van der Waals surface area contributed by atoms with E-state index in [2.05, 4.69) is 19.2 Å². The Labute approximate surface area is 237 Å². The summed E-state index contributed by atoms with van der Waals surface area (Å²) < 4.78 is 0. The van der Waals surface area contributed by atoms with Crippen LogP contribution in [-0.4, -0.2) is 34.9 Å². The topological polar surface area (TPSA) is 69.6 Å². The maximum absolute atomic E-state index is 12.2. The van der Waals surface area contributed by atoms with Crippen LogP contribution in [0, 0.1) is 0 Å². The third-order valence-electron chi connectivity index (χ3n) is 7.77. The second-order valence-electron chi connectivity index (χ2n) is 11.6. The lowest BCUT2D eigenvalue weighted by Gasteiger charge is -2.20. The molecule has 38 heavy (non-hydrogen) atoms. The van der Waals surface area contributed by atoms with E-state index in [1.54, 1.807) is 6.08 Å². The lowest BCUT2D eigenvalue weighted by molar-refractivity contribution is -0.123. The van der Waals surface area contributed by atoms with E-state index in [0.717, 1.165) is 25.7 Å². The standard InChI is InChI=1S/C34H67NO3/c1-3-5-7-9-11-13-15-16-17-18-20-21-23-25-27-29-33(37)32(31-36)35-34(38)30-28-26-24-22-19-14-12-10-8-6-4-2/h27,29,32-33,36-37H,3-26,28,30-31H2,1-2H3,(H,35,38)/b29-27+. The van der Waals surface area contributed by atoms with Gasteiger partial charge in [-0.3, -0.25) is 4.79 Å². The minimum atomic E-state index is -0.830. The zero-order valence-corrected chi connectivity index (χ0v) is 25.7. The minimum absolute atomic E-state index is 0.0658. The van der Waals surface area contributed by atoms with Gasteiger partial charge in [0.2, 0.25) is 5.91 Å². The first-order chi connectivity index (χ1) is 18.7. The Balaban J connectivity index is 3.63. The third-order valence-corrected chi connectivity index (χ3v) is 7.77. The van der Waals surface area contributed by atoms with Crippen molar-refractivity contribution in [1.29, 1.82) is 0 Å². The van der Waals surface area contributed by atoms with Crippen molar-refractivity contribution in [3.8, 4) is 0 Å². The van der Waals surface area contributed by atoms with Gasteiger partial charge in [0.05, 0.1) is 18.8 Å². The second kappa shape index (κ2) is 30.7. The van der Waals surface area contributed by atoms with Crippen molar-refractivity contribution in [2.75, 3.05) is 6.61 Å². The molecule has 0 aliphatic heterocycles. The highest BCUT2D eigenvalue weighted by Gasteiger charge is 2.17. The first kappa shape index (κ1) is 37.1. The first-order valence-electron chi connectivity index (χ1n) is 16.9.